The summed E-state index contributed by atoms with van der Waals surface area (Å²) in [6.45, 7) is 3.71. The van der Waals surface area contributed by atoms with Gasteiger partial charge in [0.05, 0.1) is 11.8 Å². The van der Waals surface area contributed by atoms with Crippen LogP contribution < -0.4 is 10.8 Å². The highest BCUT2D eigenvalue weighted by atomic mass is 16.7. The van der Waals surface area contributed by atoms with Crippen LogP contribution >= 0.6 is 0 Å². The molecule has 0 radical (unpaired) electrons. The molecule has 130 valence electrons. The molecule has 1 unspecified atom stereocenters. The molecule has 0 spiro atoms. The highest BCUT2D eigenvalue weighted by molar-refractivity contribution is 5.58. The number of aliphatic hydroxyl groups excluding tert-OH is 1. The van der Waals surface area contributed by atoms with Crippen molar-refractivity contribution in [1.29, 1.82) is 0 Å². The van der Waals surface area contributed by atoms with Crippen molar-refractivity contribution in [3.63, 3.8) is 0 Å². The Morgan fingerprint density at radius 1 is 1.33 bits per heavy atom. The molecule has 1 saturated heterocycles. The van der Waals surface area contributed by atoms with Crippen molar-refractivity contribution in [3.05, 3.63) is 53.2 Å². The Morgan fingerprint density at radius 2 is 2.17 bits per heavy atom. The summed E-state index contributed by atoms with van der Waals surface area (Å²) in [5.41, 5.74) is 6.67. The highest BCUT2D eigenvalue weighted by Crippen LogP contribution is 2.26. The molecule has 3 atom stereocenters. The predicted molar refractivity (Wildman–Crippen MR) is 97.0 cm³/mol. The lowest BCUT2D eigenvalue weighted by Crippen LogP contribution is -2.39. The van der Waals surface area contributed by atoms with Crippen LogP contribution in [0, 0.1) is 5.92 Å². The second-order valence-corrected chi connectivity index (χ2v) is 6.77. The predicted octanol–water partition coefficient (Wildman–Crippen LogP) is 3.02. The summed E-state index contributed by atoms with van der Waals surface area (Å²) in [4.78, 5) is 5.95. The Kier molecular flexibility index (Phi) is 6.07. The summed E-state index contributed by atoms with van der Waals surface area (Å²) in [7, 11) is 0. The first kappa shape index (κ1) is 17.2. The van der Waals surface area contributed by atoms with E-state index in [2.05, 4.69) is 47.2 Å². The zero-order chi connectivity index (χ0) is 16.8. The number of hydroxylamine groups is 1. The van der Waals surface area contributed by atoms with Crippen LogP contribution in [0.3, 0.4) is 0 Å². The van der Waals surface area contributed by atoms with Crippen LogP contribution in [-0.4, -0.2) is 30.4 Å². The van der Waals surface area contributed by atoms with Gasteiger partial charge in [-0.2, -0.15) is 0 Å². The number of nitrogens with one attached hydrogen (secondary N) is 2. The molecule has 1 aliphatic carbocycles. The van der Waals surface area contributed by atoms with E-state index in [1.807, 2.05) is 6.07 Å². The van der Waals surface area contributed by atoms with E-state index < -0.39 is 6.10 Å². The molecule has 0 saturated carbocycles. The number of rotatable bonds is 6. The van der Waals surface area contributed by atoms with Gasteiger partial charge in [-0.15, -0.1) is 0 Å². The molecule has 0 aromatic heterocycles. The molecule has 4 nitrogen and oxygen atoms in total. The maximum absolute atomic E-state index is 10.1. The zero-order valence-electron chi connectivity index (χ0n) is 14.4. The van der Waals surface area contributed by atoms with Gasteiger partial charge in [0, 0.05) is 12.5 Å². The summed E-state index contributed by atoms with van der Waals surface area (Å²) >= 11 is 0. The van der Waals surface area contributed by atoms with Crippen LogP contribution in [0.25, 0.3) is 6.08 Å². The lowest BCUT2D eigenvalue weighted by atomic mass is 9.96. The van der Waals surface area contributed by atoms with E-state index in [-0.39, 0.29) is 6.10 Å². The summed E-state index contributed by atoms with van der Waals surface area (Å²) in [5.74, 6) is 0.350. The molecule has 24 heavy (non-hydrogen) atoms. The second kappa shape index (κ2) is 8.47. The summed E-state index contributed by atoms with van der Waals surface area (Å²) in [5, 5.41) is 13.4. The molecule has 4 heteroatoms. The van der Waals surface area contributed by atoms with E-state index >= 15 is 0 Å². The first-order valence-corrected chi connectivity index (χ1v) is 9.00. The van der Waals surface area contributed by atoms with Crippen molar-refractivity contribution >= 4 is 6.08 Å². The Balaban J connectivity index is 1.67. The Bertz CT molecular complexity index is 575. The number of hydrogen-bond acceptors (Lipinski definition) is 4. The quantitative estimate of drug-likeness (QED) is 0.703. The first-order chi connectivity index (χ1) is 11.7. The van der Waals surface area contributed by atoms with Crippen molar-refractivity contribution in [1.82, 2.24) is 10.8 Å². The van der Waals surface area contributed by atoms with Gasteiger partial charge < -0.3 is 10.4 Å². The van der Waals surface area contributed by atoms with Crippen LogP contribution in [0.4, 0.5) is 0 Å². The fraction of sp³-hybridized carbons (Fsp3) is 0.500. The van der Waals surface area contributed by atoms with Crippen molar-refractivity contribution in [3.8, 4) is 0 Å². The molecular weight excluding hydrogens is 300 g/mol. The summed E-state index contributed by atoms with van der Waals surface area (Å²) < 4.78 is 0. The molecule has 1 aromatic rings. The average Bonchev–Trinajstić information content (AvgIpc) is 3.11. The Morgan fingerprint density at radius 3 is 2.88 bits per heavy atom. The van der Waals surface area contributed by atoms with Gasteiger partial charge in [-0.25, -0.2) is 0 Å². The lowest BCUT2D eigenvalue weighted by Gasteiger charge is -2.28. The van der Waals surface area contributed by atoms with Crippen molar-refractivity contribution in [2.24, 2.45) is 5.92 Å². The van der Waals surface area contributed by atoms with E-state index in [1.165, 1.54) is 11.1 Å². The number of benzene rings is 1. The number of aliphatic hydroxyl groups is 1. The van der Waals surface area contributed by atoms with E-state index in [0.717, 1.165) is 44.5 Å². The van der Waals surface area contributed by atoms with E-state index in [4.69, 9.17) is 4.84 Å². The maximum atomic E-state index is 10.1. The van der Waals surface area contributed by atoms with E-state index in [1.54, 1.807) is 6.92 Å². The number of allylic oxidation sites excluding steroid dienone is 2. The zero-order valence-corrected chi connectivity index (χ0v) is 14.4. The average molecular weight is 328 g/mol. The van der Waals surface area contributed by atoms with Gasteiger partial charge in [0.25, 0.3) is 0 Å². The van der Waals surface area contributed by atoms with Crippen LogP contribution in [0.5, 0.6) is 0 Å². The van der Waals surface area contributed by atoms with Gasteiger partial charge in [0.1, 0.15) is 6.10 Å². The smallest absolute Gasteiger partial charge is 0.115 e. The standard InChI is InChI=1S/C20H28N2O2/c1-15(23)20(18-11-12-21-14-18)24-22-19-10-6-5-9-17(19)13-16-7-3-2-4-8-16/h2-4,7-8,10,13,15,18,20-23H,5-6,9,11-12,14H2,1H3/t15-,18?,20-/m1/s1. The van der Waals surface area contributed by atoms with Crippen LogP contribution in [0.15, 0.2) is 47.7 Å². The minimum absolute atomic E-state index is 0.194. The van der Waals surface area contributed by atoms with Crippen LogP contribution in [-0.2, 0) is 4.84 Å². The minimum atomic E-state index is -0.492. The molecule has 1 aromatic carbocycles. The maximum Gasteiger partial charge on any atom is 0.115 e. The molecule has 1 heterocycles. The Hall–Kier alpha value is -1.62. The van der Waals surface area contributed by atoms with Gasteiger partial charge in [-0.1, -0.05) is 36.4 Å². The van der Waals surface area contributed by atoms with Gasteiger partial charge in [-0.05, 0) is 56.4 Å². The largest absolute Gasteiger partial charge is 0.391 e. The molecule has 0 amide bonds. The molecule has 3 rings (SSSR count). The van der Waals surface area contributed by atoms with E-state index in [0.29, 0.717) is 5.92 Å². The summed E-state index contributed by atoms with van der Waals surface area (Å²) in [6.07, 6.45) is 8.04. The first-order valence-electron chi connectivity index (χ1n) is 9.00. The molecule has 3 N–H and O–H groups in total. The fourth-order valence-corrected chi connectivity index (χ4v) is 3.49. The molecule has 1 fully saturated rings. The third-order valence-electron chi connectivity index (χ3n) is 4.83. The summed E-state index contributed by atoms with van der Waals surface area (Å²) in [6, 6.07) is 10.4. The SMILES string of the molecule is C[C@@H](O)[C@@H](ONC1=CCCCC1=Cc1ccccc1)C1CCNC1. The minimum Gasteiger partial charge on any atom is -0.391 e. The van der Waals surface area contributed by atoms with Gasteiger partial charge in [0.15, 0.2) is 0 Å². The highest BCUT2D eigenvalue weighted by Gasteiger charge is 2.30. The second-order valence-electron chi connectivity index (χ2n) is 6.77. The van der Waals surface area contributed by atoms with Gasteiger partial charge >= 0.3 is 0 Å². The third-order valence-corrected chi connectivity index (χ3v) is 4.83. The topological polar surface area (TPSA) is 53.5 Å². The Labute approximate surface area is 144 Å². The fourth-order valence-electron chi connectivity index (χ4n) is 3.49. The van der Waals surface area contributed by atoms with E-state index in [9.17, 15) is 5.11 Å². The van der Waals surface area contributed by atoms with Crippen LogP contribution in [0.2, 0.25) is 0 Å². The molecular formula is C20H28N2O2. The van der Waals surface area contributed by atoms with Gasteiger partial charge in [-0.3, -0.25) is 10.3 Å². The monoisotopic (exact) mass is 328 g/mol. The third kappa shape index (κ3) is 4.47. The lowest BCUT2D eigenvalue weighted by molar-refractivity contribution is -0.0942. The normalized spacial score (nSPS) is 25.3. The molecule has 0 bridgehead atoms. The van der Waals surface area contributed by atoms with Crippen molar-refractivity contribution in [2.45, 2.75) is 44.8 Å². The number of hydrogen-bond donors (Lipinski definition) is 3. The van der Waals surface area contributed by atoms with Gasteiger partial charge in [0.2, 0.25) is 0 Å². The van der Waals surface area contributed by atoms with Crippen molar-refractivity contribution < 1.29 is 9.94 Å². The van der Waals surface area contributed by atoms with Crippen molar-refractivity contribution in [2.75, 3.05) is 13.1 Å². The van der Waals surface area contributed by atoms with Crippen LogP contribution in [0.1, 0.15) is 38.2 Å². The molecule has 2 aliphatic rings. The molecule has 1 aliphatic heterocycles.